The van der Waals surface area contributed by atoms with E-state index in [1.807, 2.05) is 18.4 Å². The van der Waals surface area contributed by atoms with Crippen LogP contribution < -0.4 is 4.72 Å². The van der Waals surface area contributed by atoms with Gasteiger partial charge in [-0.15, -0.1) is 11.3 Å². The predicted octanol–water partition coefficient (Wildman–Crippen LogP) is 4.27. The Morgan fingerprint density at radius 2 is 1.71 bits per heavy atom. The zero-order valence-corrected chi connectivity index (χ0v) is 17.0. The molecule has 0 saturated carbocycles. The molecule has 0 fully saturated rings. The summed E-state index contributed by atoms with van der Waals surface area (Å²) in [6, 6.07) is 12.8. The highest BCUT2D eigenvalue weighted by Crippen LogP contribution is 2.20. The number of thiophene rings is 1. The summed E-state index contributed by atoms with van der Waals surface area (Å²) in [6.45, 7) is 2.52. The molecule has 146 valence electrons. The van der Waals surface area contributed by atoms with Gasteiger partial charge in [-0.1, -0.05) is 0 Å². The SMILES string of the molecule is Cc1ccsc1CN(C)C(=O)c1ccc(NS(=O)(=O)c2ccc(F)cc2)cc1. The Balaban J connectivity index is 1.69. The summed E-state index contributed by atoms with van der Waals surface area (Å²) >= 11 is 1.60. The third-order valence-corrected chi connectivity index (χ3v) is 6.61. The maximum Gasteiger partial charge on any atom is 0.261 e. The maximum atomic E-state index is 13.0. The lowest BCUT2D eigenvalue weighted by molar-refractivity contribution is 0.0786. The van der Waals surface area contributed by atoms with Gasteiger partial charge in [0.1, 0.15) is 5.82 Å². The number of aryl methyl sites for hydroxylation is 1. The van der Waals surface area contributed by atoms with Crippen LogP contribution in [0.4, 0.5) is 10.1 Å². The largest absolute Gasteiger partial charge is 0.337 e. The smallest absolute Gasteiger partial charge is 0.261 e. The van der Waals surface area contributed by atoms with Gasteiger partial charge in [-0.25, -0.2) is 12.8 Å². The number of sulfonamides is 1. The molecule has 1 amide bonds. The molecule has 0 aliphatic carbocycles. The van der Waals surface area contributed by atoms with E-state index >= 15 is 0 Å². The van der Waals surface area contributed by atoms with Crippen molar-refractivity contribution in [2.45, 2.75) is 18.4 Å². The fraction of sp³-hybridized carbons (Fsp3) is 0.150. The van der Waals surface area contributed by atoms with Crippen LogP contribution in [0, 0.1) is 12.7 Å². The van der Waals surface area contributed by atoms with Crippen molar-refractivity contribution < 1.29 is 17.6 Å². The molecule has 8 heteroatoms. The van der Waals surface area contributed by atoms with E-state index < -0.39 is 15.8 Å². The molecular formula is C20H19FN2O3S2. The molecule has 0 aliphatic rings. The van der Waals surface area contributed by atoms with Crippen molar-refractivity contribution in [3.05, 3.63) is 81.8 Å². The van der Waals surface area contributed by atoms with Crippen molar-refractivity contribution in [2.75, 3.05) is 11.8 Å². The van der Waals surface area contributed by atoms with E-state index in [1.54, 1.807) is 35.4 Å². The number of anilines is 1. The molecular weight excluding hydrogens is 399 g/mol. The monoisotopic (exact) mass is 418 g/mol. The first-order chi connectivity index (χ1) is 13.3. The molecule has 0 spiro atoms. The Labute approximate surface area is 167 Å². The summed E-state index contributed by atoms with van der Waals surface area (Å²) in [5, 5.41) is 1.99. The number of carbonyl (C=O) groups is 1. The van der Waals surface area contributed by atoms with Gasteiger partial charge in [0.2, 0.25) is 0 Å². The lowest BCUT2D eigenvalue weighted by Crippen LogP contribution is -2.26. The van der Waals surface area contributed by atoms with Crippen LogP contribution in [-0.2, 0) is 16.6 Å². The Morgan fingerprint density at radius 3 is 2.29 bits per heavy atom. The molecule has 5 nitrogen and oxygen atoms in total. The number of hydrogen-bond acceptors (Lipinski definition) is 4. The number of nitrogens with zero attached hydrogens (tertiary/aromatic N) is 1. The minimum Gasteiger partial charge on any atom is -0.337 e. The number of rotatable bonds is 6. The minimum atomic E-state index is -3.83. The first-order valence-corrected chi connectivity index (χ1v) is 10.8. The van der Waals surface area contributed by atoms with Crippen LogP contribution in [0.3, 0.4) is 0 Å². The maximum absolute atomic E-state index is 13.0. The highest BCUT2D eigenvalue weighted by Gasteiger charge is 2.16. The van der Waals surface area contributed by atoms with Gasteiger partial charge in [-0.3, -0.25) is 9.52 Å². The minimum absolute atomic E-state index is 0.0416. The van der Waals surface area contributed by atoms with E-state index in [0.717, 1.165) is 22.6 Å². The van der Waals surface area contributed by atoms with Crippen molar-refractivity contribution in [3.8, 4) is 0 Å². The Morgan fingerprint density at radius 1 is 1.07 bits per heavy atom. The van der Waals surface area contributed by atoms with Crippen molar-refractivity contribution in [1.29, 1.82) is 0 Å². The zero-order valence-electron chi connectivity index (χ0n) is 15.3. The van der Waals surface area contributed by atoms with Crippen molar-refractivity contribution >= 4 is 33.0 Å². The Bertz CT molecular complexity index is 1080. The van der Waals surface area contributed by atoms with Gasteiger partial charge in [0.05, 0.1) is 11.4 Å². The Kier molecular flexibility index (Phi) is 5.81. The van der Waals surface area contributed by atoms with Gasteiger partial charge in [0, 0.05) is 23.2 Å². The molecule has 1 aromatic heterocycles. The average Bonchev–Trinajstić information content (AvgIpc) is 3.06. The Hall–Kier alpha value is -2.71. The van der Waals surface area contributed by atoms with Crippen LogP contribution in [0.2, 0.25) is 0 Å². The van der Waals surface area contributed by atoms with Crippen molar-refractivity contribution in [2.24, 2.45) is 0 Å². The van der Waals surface area contributed by atoms with E-state index in [-0.39, 0.29) is 10.8 Å². The molecule has 0 saturated heterocycles. The molecule has 0 radical (unpaired) electrons. The van der Waals surface area contributed by atoms with Crippen LogP contribution in [0.1, 0.15) is 20.8 Å². The number of hydrogen-bond donors (Lipinski definition) is 1. The lowest BCUT2D eigenvalue weighted by Gasteiger charge is -2.17. The quantitative estimate of drug-likeness (QED) is 0.650. The molecule has 0 unspecified atom stereocenters. The molecule has 1 heterocycles. The molecule has 3 aromatic rings. The number of nitrogens with one attached hydrogen (secondary N) is 1. The summed E-state index contributed by atoms with van der Waals surface area (Å²) in [4.78, 5) is 15.3. The number of benzene rings is 2. The van der Waals surface area contributed by atoms with Crippen LogP contribution in [-0.4, -0.2) is 26.3 Å². The lowest BCUT2D eigenvalue weighted by atomic mass is 10.2. The molecule has 28 heavy (non-hydrogen) atoms. The highest BCUT2D eigenvalue weighted by molar-refractivity contribution is 7.92. The van der Waals surface area contributed by atoms with Crippen LogP contribution in [0.15, 0.2) is 64.9 Å². The van der Waals surface area contributed by atoms with Gasteiger partial charge in [-0.2, -0.15) is 0 Å². The normalized spacial score (nSPS) is 11.2. The summed E-state index contributed by atoms with van der Waals surface area (Å²) in [5.74, 6) is -0.663. The second kappa shape index (κ2) is 8.12. The zero-order chi connectivity index (χ0) is 20.3. The van der Waals surface area contributed by atoms with Crippen LogP contribution in [0.5, 0.6) is 0 Å². The van der Waals surface area contributed by atoms with Crippen molar-refractivity contribution in [3.63, 3.8) is 0 Å². The first kappa shape index (κ1) is 20.0. The highest BCUT2D eigenvalue weighted by atomic mass is 32.2. The van der Waals surface area contributed by atoms with E-state index in [0.29, 0.717) is 17.8 Å². The van der Waals surface area contributed by atoms with E-state index in [2.05, 4.69) is 4.72 Å². The third kappa shape index (κ3) is 4.58. The van der Waals surface area contributed by atoms with Gasteiger partial charge in [0.15, 0.2) is 0 Å². The fourth-order valence-electron chi connectivity index (χ4n) is 2.58. The summed E-state index contributed by atoms with van der Waals surface area (Å²) in [7, 11) is -2.10. The number of halogens is 1. The van der Waals surface area contributed by atoms with E-state index in [4.69, 9.17) is 0 Å². The summed E-state index contributed by atoms with van der Waals surface area (Å²) in [5.41, 5.74) is 1.93. The van der Waals surface area contributed by atoms with Crippen molar-refractivity contribution in [1.82, 2.24) is 4.90 Å². The van der Waals surface area contributed by atoms with Gasteiger partial charge in [0.25, 0.3) is 15.9 Å². The third-order valence-electron chi connectivity index (χ3n) is 4.20. The van der Waals surface area contributed by atoms with E-state index in [1.165, 1.54) is 24.3 Å². The second-order valence-electron chi connectivity index (χ2n) is 6.32. The molecule has 3 rings (SSSR count). The van der Waals surface area contributed by atoms with Gasteiger partial charge in [-0.05, 0) is 72.5 Å². The number of amides is 1. The molecule has 2 aromatic carbocycles. The second-order valence-corrected chi connectivity index (χ2v) is 9.01. The molecule has 0 aliphatic heterocycles. The predicted molar refractivity (Wildman–Crippen MR) is 109 cm³/mol. The van der Waals surface area contributed by atoms with Crippen LogP contribution in [0.25, 0.3) is 0 Å². The number of carbonyl (C=O) groups excluding carboxylic acids is 1. The summed E-state index contributed by atoms with van der Waals surface area (Å²) < 4.78 is 40.1. The van der Waals surface area contributed by atoms with Crippen LogP contribution >= 0.6 is 11.3 Å². The van der Waals surface area contributed by atoms with Gasteiger partial charge >= 0.3 is 0 Å². The fourth-order valence-corrected chi connectivity index (χ4v) is 4.60. The summed E-state index contributed by atoms with van der Waals surface area (Å²) in [6.07, 6.45) is 0. The molecule has 0 atom stereocenters. The average molecular weight is 419 g/mol. The van der Waals surface area contributed by atoms with E-state index in [9.17, 15) is 17.6 Å². The molecule has 0 bridgehead atoms. The van der Waals surface area contributed by atoms with Gasteiger partial charge < -0.3 is 4.90 Å². The first-order valence-electron chi connectivity index (χ1n) is 8.43. The molecule has 1 N–H and O–H groups in total. The topological polar surface area (TPSA) is 66.5 Å². The standard InChI is InChI=1S/C20H19FN2O3S2/c1-14-11-12-27-19(14)13-23(2)20(24)15-3-7-17(8-4-15)22-28(25,26)18-9-5-16(21)6-10-18/h3-12,22H,13H2,1-2H3.